The molecular formula is C14H15NO2S. The first-order chi connectivity index (χ1) is 8.56. The SMILES string of the molecule is Cc1cccc(COC(=O)c2cc(N)c(C)s2)c1. The molecule has 0 bridgehead atoms. The predicted molar refractivity (Wildman–Crippen MR) is 73.8 cm³/mol. The van der Waals surface area contributed by atoms with Crippen molar-refractivity contribution in [2.45, 2.75) is 20.5 Å². The second kappa shape index (κ2) is 5.23. The standard InChI is InChI=1S/C14H15NO2S/c1-9-4-3-5-11(6-9)8-17-14(16)13-7-12(15)10(2)18-13/h3-7H,8,15H2,1-2H3. The van der Waals surface area contributed by atoms with Crippen molar-refractivity contribution in [2.75, 3.05) is 5.73 Å². The number of aryl methyl sites for hydroxylation is 2. The van der Waals surface area contributed by atoms with Crippen molar-refractivity contribution >= 4 is 23.0 Å². The number of rotatable bonds is 3. The van der Waals surface area contributed by atoms with Crippen molar-refractivity contribution in [1.82, 2.24) is 0 Å². The van der Waals surface area contributed by atoms with Gasteiger partial charge in [0.15, 0.2) is 0 Å². The van der Waals surface area contributed by atoms with E-state index < -0.39 is 0 Å². The van der Waals surface area contributed by atoms with E-state index >= 15 is 0 Å². The lowest BCUT2D eigenvalue weighted by molar-refractivity contribution is 0.0478. The van der Waals surface area contributed by atoms with Gasteiger partial charge >= 0.3 is 5.97 Å². The predicted octanol–water partition coefficient (Wildman–Crippen LogP) is 3.30. The number of hydrogen-bond acceptors (Lipinski definition) is 4. The van der Waals surface area contributed by atoms with Crippen LogP contribution in [0.4, 0.5) is 5.69 Å². The lowest BCUT2D eigenvalue weighted by atomic mass is 10.1. The van der Waals surface area contributed by atoms with Gasteiger partial charge in [0.05, 0.1) is 0 Å². The van der Waals surface area contributed by atoms with E-state index in [-0.39, 0.29) is 12.6 Å². The van der Waals surface area contributed by atoms with Gasteiger partial charge in [-0.25, -0.2) is 4.79 Å². The molecule has 1 aromatic carbocycles. The first kappa shape index (κ1) is 12.6. The topological polar surface area (TPSA) is 52.3 Å². The van der Waals surface area contributed by atoms with Crippen molar-refractivity contribution in [3.05, 3.63) is 51.2 Å². The molecule has 18 heavy (non-hydrogen) atoms. The van der Waals surface area contributed by atoms with Gasteiger partial charge in [-0.3, -0.25) is 0 Å². The van der Waals surface area contributed by atoms with Gasteiger partial charge in [0.1, 0.15) is 11.5 Å². The zero-order valence-corrected chi connectivity index (χ0v) is 11.2. The average molecular weight is 261 g/mol. The molecule has 94 valence electrons. The molecule has 0 radical (unpaired) electrons. The van der Waals surface area contributed by atoms with Gasteiger partial charge in [0.2, 0.25) is 0 Å². The van der Waals surface area contributed by atoms with Crippen molar-refractivity contribution in [2.24, 2.45) is 0 Å². The summed E-state index contributed by atoms with van der Waals surface area (Å²) >= 11 is 1.36. The Hall–Kier alpha value is -1.81. The Morgan fingerprint density at radius 2 is 2.11 bits per heavy atom. The monoisotopic (exact) mass is 261 g/mol. The number of ether oxygens (including phenoxy) is 1. The van der Waals surface area contributed by atoms with Crippen LogP contribution in [0.1, 0.15) is 25.7 Å². The summed E-state index contributed by atoms with van der Waals surface area (Å²) < 4.78 is 5.25. The van der Waals surface area contributed by atoms with Crippen LogP contribution in [0.3, 0.4) is 0 Å². The van der Waals surface area contributed by atoms with E-state index in [1.165, 1.54) is 11.3 Å². The molecule has 1 heterocycles. The summed E-state index contributed by atoms with van der Waals surface area (Å²) in [6.07, 6.45) is 0. The first-order valence-electron chi connectivity index (χ1n) is 5.65. The normalized spacial score (nSPS) is 10.3. The molecule has 0 aliphatic rings. The van der Waals surface area contributed by atoms with Crippen LogP contribution in [0.5, 0.6) is 0 Å². The Morgan fingerprint density at radius 3 is 2.72 bits per heavy atom. The number of esters is 1. The summed E-state index contributed by atoms with van der Waals surface area (Å²) in [6, 6.07) is 9.56. The number of carbonyl (C=O) groups is 1. The summed E-state index contributed by atoms with van der Waals surface area (Å²) in [5.74, 6) is -0.318. The fraction of sp³-hybridized carbons (Fsp3) is 0.214. The Morgan fingerprint density at radius 1 is 1.33 bits per heavy atom. The van der Waals surface area contributed by atoms with Gasteiger partial charge in [-0.2, -0.15) is 0 Å². The van der Waals surface area contributed by atoms with Crippen molar-refractivity contribution in [3.8, 4) is 0 Å². The fourth-order valence-electron chi connectivity index (χ4n) is 1.62. The van der Waals surface area contributed by atoms with Crippen LogP contribution in [-0.4, -0.2) is 5.97 Å². The third-order valence-corrected chi connectivity index (χ3v) is 3.66. The van der Waals surface area contributed by atoms with Gasteiger partial charge < -0.3 is 10.5 Å². The molecule has 0 aliphatic heterocycles. The summed E-state index contributed by atoms with van der Waals surface area (Å²) in [5.41, 5.74) is 8.49. The molecule has 3 nitrogen and oxygen atoms in total. The highest BCUT2D eigenvalue weighted by atomic mass is 32.1. The average Bonchev–Trinajstić information content (AvgIpc) is 2.67. The smallest absolute Gasteiger partial charge is 0.348 e. The molecule has 1 aromatic heterocycles. The molecule has 0 spiro atoms. The molecule has 2 aromatic rings. The zero-order chi connectivity index (χ0) is 13.1. The molecule has 0 aliphatic carbocycles. The zero-order valence-electron chi connectivity index (χ0n) is 10.4. The molecule has 0 fully saturated rings. The second-order valence-corrected chi connectivity index (χ2v) is 5.44. The van der Waals surface area contributed by atoms with Gasteiger partial charge in [-0.05, 0) is 25.5 Å². The van der Waals surface area contributed by atoms with Gasteiger partial charge in [0.25, 0.3) is 0 Å². The molecular weight excluding hydrogens is 246 g/mol. The van der Waals surface area contributed by atoms with Crippen molar-refractivity contribution in [1.29, 1.82) is 0 Å². The number of benzene rings is 1. The Balaban J connectivity index is 2.00. The molecule has 2 N–H and O–H groups in total. The quantitative estimate of drug-likeness (QED) is 0.862. The minimum Gasteiger partial charge on any atom is -0.457 e. The molecule has 0 unspecified atom stereocenters. The van der Waals surface area contributed by atoms with E-state index in [0.717, 1.165) is 16.0 Å². The van der Waals surface area contributed by atoms with Crippen LogP contribution < -0.4 is 5.73 Å². The van der Waals surface area contributed by atoms with Crippen LogP contribution >= 0.6 is 11.3 Å². The number of nitrogens with two attached hydrogens (primary N) is 1. The molecule has 2 rings (SSSR count). The third kappa shape index (κ3) is 2.90. The van der Waals surface area contributed by atoms with Crippen LogP contribution in [0.2, 0.25) is 0 Å². The van der Waals surface area contributed by atoms with Crippen LogP contribution in [-0.2, 0) is 11.3 Å². The van der Waals surface area contributed by atoms with E-state index in [1.54, 1.807) is 6.07 Å². The second-order valence-electron chi connectivity index (χ2n) is 4.19. The van der Waals surface area contributed by atoms with E-state index in [9.17, 15) is 4.79 Å². The highest BCUT2D eigenvalue weighted by Crippen LogP contribution is 2.24. The Bertz CT molecular complexity index is 555. The van der Waals surface area contributed by atoms with E-state index in [2.05, 4.69) is 0 Å². The molecule has 4 heteroatoms. The van der Waals surface area contributed by atoms with Gasteiger partial charge in [-0.15, -0.1) is 11.3 Å². The van der Waals surface area contributed by atoms with Gasteiger partial charge in [-0.1, -0.05) is 29.8 Å². The first-order valence-corrected chi connectivity index (χ1v) is 6.46. The van der Waals surface area contributed by atoms with Crippen LogP contribution in [0, 0.1) is 13.8 Å². The third-order valence-electron chi connectivity index (χ3n) is 2.61. The minimum absolute atomic E-state index is 0.289. The maximum absolute atomic E-state index is 11.8. The van der Waals surface area contributed by atoms with E-state index in [1.807, 2.05) is 38.1 Å². The largest absolute Gasteiger partial charge is 0.457 e. The molecule has 0 saturated heterocycles. The van der Waals surface area contributed by atoms with Crippen molar-refractivity contribution < 1.29 is 9.53 Å². The maximum Gasteiger partial charge on any atom is 0.348 e. The molecule has 0 amide bonds. The number of thiophene rings is 1. The number of anilines is 1. The highest BCUT2D eigenvalue weighted by molar-refractivity contribution is 7.14. The Labute approximate surface area is 110 Å². The molecule has 0 saturated carbocycles. The van der Waals surface area contributed by atoms with Crippen LogP contribution in [0.15, 0.2) is 30.3 Å². The highest BCUT2D eigenvalue weighted by Gasteiger charge is 2.12. The van der Waals surface area contributed by atoms with E-state index in [0.29, 0.717) is 10.6 Å². The van der Waals surface area contributed by atoms with Crippen LogP contribution in [0.25, 0.3) is 0 Å². The molecule has 0 atom stereocenters. The maximum atomic E-state index is 11.8. The number of carbonyl (C=O) groups excluding carboxylic acids is 1. The van der Waals surface area contributed by atoms with Crippen molar-refractivity contribution in [3.63, 3.8) is 0 Å². The summed E-state index contributed by atoms with van der Waals surface area (Å²) in [4.78, 5) is 13.3. The van der Waals surface area contributed by atoms with Gasteiger partial charge in [0, 0.05) is 10.6 Å². The van der Waals surface area contributed by atoms with E-state index in [4.69, 9.17) is 10.5 Å². The number of hydrogen-bond donors (Lipinski definition) is 1. The lowest BCUT2D eigenvalue weighted by Crippen LogP contribution is -2.03. The lowest BCUT2D eigenvalue weighted by Gasteiger charge is -2.04. The summed E-state index contributed by atoms with van der Waals surface area (Å²) in [6.45, 7) is 4.18. The number of nitrogen functional groups attached to an aromatic ring is 1. The minimum atomic E-state index is -0.318. The fourth-order valence-corrected chi connectivity index (χ4v) is 2.45. The summed E-state index contributed by atoms with van der Waals surface area (Å²) in [5, 5.41) is 0. The summed E-state index contributed by atoms with van der Waals surface area (Å²) in [7, 11) is 0. The Kier molecular flexibility index (Phi) is 3.67.